The van der Waals surface area contributed by atoms with E-state index < -0.39 is 0 Å². The van der Waals surface area contributed by atoms with E-state index in [0.29, 0.717) is 17.4 Å². The Morgan fingerprint density at radius 1 is 1.24 bits per heavy atom. The Morgan fingerprint density at radius 3 is 2.59 bits per heavy atom. The Hall–Kier alpha value is -3.21. The first-order chi connectivity index (χ1) is 16.4. The predicted molar refractivity (Wildman–Crippen MR) is 123 cm³/mol. The van der Waals surface area contributed by atoms with Crippen molar-refractivity contribution < 1.29 is 24.0 Å². The van der Waals surface area contributed by atoms with E-state index in [1.807, 2.05) is 35.1 Å². The number of carbonyl (C=O) groups excluding carboxylic acids is 2. The predicted octanol–water partition coefficient (Wildman–Crippen LogP) is 1.26. The number of hydrogen-bond donors (Lipinski definition) is 2. The van der Waals surface area contributed by atoms with Gasteiger partial charge < -0.3 is 24.7 Å². The van der Waals surface area contributed by atoms with E-state index in [1.54, 1.807) is 13.0 Å². The highest BCUT2D eigenvalue weighted by atomic mass is 16.5. The lowest BCUT2D eigenvalue weighted by atomic mass is 9.94. The van der Waals surface area contributed by atoms with Gasteiger partial charge in [-0.05, 0) is 51.6 Å². The molecule has 11 nitrogen and oxygen atoms in total. The van der Waals surface area contributed by atoms with Crippen molar-refractivity contribution in [3.8, 4) is 0 Å². The maximum Gasteiger partial charge on any atom is 0.290 e. The molecule has 0 aromatic carbocycles. The Kier molecular flexibility index (Phi) is 9.20. The molecule has 0 bridgehead atoms. The first-order valence-corrected chi connectivity index (χ1v) is 11.7. The number of aryl methyl sites for hydroxylation is 1. The lowest BCUT2D eigenvalue weighted by Gasteiger charge is -2.34. The van der Waals surface area contributed by atoms with Crippen molar-refractivity contribution in [2.24, 2.45) is 11.8 Å². The molecule has 186 valence electrons. The summed E-state index contributed by atoms with van der Waals surface area (Å²) in [6.07, 6.45) is 7.40. The van der Waals surface area contributed by atoms with Crippen molar-refractivity contribution in [3.63, 3.8) is 0 Å². The third kappa shape index (κ3) is 7.14. The van der Waals surface area contributed by atoms with Crippen molar-refractivity contribution in [3.05, 3.63) is 36.0 Å². The van der Waals surface area contributed by atoms with Crippen LogP contribution in [0.5, 0.6) is 0 Å². The summed E-state index contributed by atoms with van der Waals surface area (Å²) in [6.45, 7) is 5.51. The number of rotatable bonds is 5. The van der Waals surface area contributed by atoms with Crippen molar-refractivity contribution in [1.82, 2.24) is 30.1 Å². The molecule has 0 spiro atoms. The maximum atomic E-state index is 13.2. The van der Waals surface area contributed by atoms with Crippen LogP contribution in [0.25, 0.3) is 0 Å². The lowest BCUT2D eigenvalue weighted by Crippen LogP contribution is -2.45. The summed E-state index contributed by atoms with van der Waals surface area (Å²) >= 11 is 0. The minimum atomic E-state index is -0.250. The molecule has 2 aliphatic heterocycles. The molecule has 2 fully saturated rings. The summed E-state index contributed by atoms with van der Waals surface area (Å²) in [4.78, 5) is 38.2. The Bertz CT molecular complexity index is 922. The second-order valence-corrected chi connectivity index (χ2v) is 9.09. The first kappa shape index (κ1) is 25.4. The normalized spacial score (nSPS) is 21.8. The lowest BCUT2D eigenvalue weighted by molar-refractivity contribution is -0.137. The molecule has 0 aliphatic carbocycles. The average Bonchev–Trinajstić information content (AvgIpc) is 3.45. The zero-order chi connectivity index (χ0) is 24.5. The van der Waals surface area contributed by atoms with Crippen LogP contribution in [-0.2, 0) is 16.1 Å². The van der Waals surface area contributed by atoms with Crippen LogP contribution in [-0.4, -0.2) is 87.4 Å². The zero-order valence-corrected chi connectivity index (χ0v) is 19.8. The molecule has 4 rings (SSSR count). The van der Waals surface area contributed by atoms with Crippen LogP contribution in [0.15, 0.2) is 29.0 Å². The Balaban J connectivity index is 0.00000103. The molecule has 2 amide bonds. The van der Waals surface area contributed by atoms with Crippen LogP contribution < -0.4 is 5.32 Å². The van der Waals surface area contributed by atoms with Crippen LogP contribution in [0.2, 0.25) is 0 Å². The largest absolute Gasteiger partial charge is 0.483 e. The Labute approximate surface area is 199 Å². The summed E-state index contributed by atoms with van der Waals surface area (Å²) in [5.41, 5.74) is 0.301. The number of nitrogens with one attached hydrogen (secondary N) is 1. The van der Waals surface area contributed by atoms with Crippen molar-refractivity contribution in [2.75, 3.05) is 33.2 Å². The molecule has 4 heterocycles. The monoisotopic (exact) mass is 474 g/mol. The number of amides is 2. The van der Waals surface area contributed by atoms with E-state index in [9.17, 15) is 9.59 Å². The third-order valence-corrected chi connectivity index (χ3v) is 6.40. The highest BCUT2D eigenvalue weighted by Crippen LogP contribution is 2.24. The SMILES string of the molecule is Cc1cc(C(=O)N[C@H]2CC[C@@H](C(=O)N3CCC(Cn4cccn4)CC3)CN(C)C2)no1.O=CO. The van der Waals surface area contributed by atoms with E-state index in [2.05, 4.69) is 20.5 Å². The van der Waals surface area contributed by atoms with Crippen molar-refractivity contribution in [2.45, 2.75) is 45.2 Å². The van der Waals surface area contributed by atoms with Crippen LogP contribution in [0, 0.1) is 18.8 Å². The fourth-order valence-electron chi connectivity index (χ4n) is 4.73. The number of piperidine rings is 1. The molecule has 2 aromatic rings. The van der Waals surface area contributed by atoms with Crippen molar-refractivity contribution >= 4 is 18.3 Å². The van der Waals surface area contributed by atoms with Gasteiger partial charge in [0, 0.05) is 57.2 Å². The fourth-order valence-corrected chi connectivity index (χ4v) is 4.73. The van der Waals surface area contributed by atoms with Gasteiger partial charge in [-0.15, -0.1) is 0 Å². The highest BCUT2D eigenvalue weighted by molar-refractivity contribution is 5.92. The van der Waals surface area contributed by atoms with E-state index in [4.69, 9.17) is 14.4 Å². The number of likely N-dealkylation sites (N-methyl/N-ethyl adjacent to an activating group) is 1. The summed E-state index contributed by atoms with van der Waals surface area (Å²) in [6, 6.07) is 3.58. The molecule has 0 unspecified atom stereocenters. The van der Waals surface area contributed by atoms with Gasteiger partial charge in [-0.2, -0.15) is 5.10 Å². The summed E-state index contributed by atoms with van der Waals surface area (Å²) < 4.78 is 6.98. The van der Waals surface area contributed by atoms with E-state index in [-0.39, 0.29) is 30.2 Å². The highest BCUT2D eigenvalue weighted by Gasteiger charge is 2.32. The molecule has 0 saturated carbocycles. The van der Waals surface area contributed by atoms with Gasteiger partial charge in [-0.1, -0.05) is 5.16 Å². The van der Waals surface area contributed by atoms with E-state index in [1.165, 1.54) is 0 Å². The van der Waals surface area contributed by atoms with Gasteiger partial charge in [0.1, 0.15) is 5.76 Å². The molecule has 2 aliphatic rings. The van der Waals surface area contributed by atoms with Crippen LogP contribution >= 0.6 is 0 Å². The molecule has 11 heteroatoms. The van der Waals surface area contributed by atoms with Gasteiger partial charge >= 0.3 is 0 Å². The van der Waals surface area contributed by atoms with E-state index in [0.717, 1.165) is 58.4 Å². The minimum Gasteiger partial charge on any atom is -0.483 e. The molecule has 2 atom stereocenters. The first-order valence-electron chi connectivity index (χ1n) is 11.7. The van der Waals surface area contributed by atoms with Gasteiger partial charge in [0.2, 0.25) is 5.91 Å². The Morgan fingerprint density at radius 2 is 1.97 bits per heavy atom. The van der Waals surface area contributed by atoms with Crippen LogP contribution in [0.3, 0.4) is 0 Å². The number of carbonyl (C=O) groups is 3. The van der Waals surface area contributed by atoms with Gasteiger partial charge in [0.05, 0.1) is 5.92 Å². The number of carboxylic acid groups (broad SMARTS) is 1. The van der Waals surface area contributed by atoms with Gasteiger partial charge in [-0.3, -0.25) is 19.1 Å². The van der Waals surface area contributed by atoms with Gasteiger partial charge in [0.15, 0.2) is 5.69 Å². The molecule has 34 heavy (non-hydrogen) atoms. The third-order valence-electron chi connectivity index (χ3n) is 6.40. The summed E-state index contributed by atoms with van der Waals surface area (Å²) in [5.74, 6) is 1.19. The molecular formula is C23H34N6O5. The molecule has 2 saturated heterocycles. The molecule has 2 N–H and O–H groups in total. The van der Waals surface area contributed by atoms with Gasteiger partial charge in [0.25, 0.3) is 12.4 Å². The number of hydrogen-bond acceptors (Lipinski definition) is 7. The number of aromatic nitrogens is 3. The minimum absolute atomic E-state index is 0.00730. The standard InChI is InChI=1S/C22H32N6O3.CH2O2/c1-16-12-20(25-31-16)21(29)24-19-5-4-18(14-26(2)15-19)22(30)27-10-6-17(7-11-27)13-28-9-3-8-23-28;2-1-3/h3,8-9,12,17-19H,4-7,10-11,13-15H2,1-2H3,(H,24,29);1H,(H,2,3)/t18-,19+;/m1./s1. The zero-order valence-electron chi connectivity index (χ0n) is 19.8. The maximum absolute atomic E-state index is 13.2. The smallest absolute Gasteiger partial charge is 0.290 e. The topological polar surface area (TPSA) is 134 Å². The summed E-state index contributed by atoms with van der Waals surface area (Å²) in [5, 5.41) is 18.0. The van der Waals surface area contributed by atoms with E-state index >= 15 is 0 Å². The molecule has 0 radical (unpaired) electrons. The fraction of sp³-hybridized carbons (Fsp3) is 0.609. The van der Waals surface area contributed by atoms with Crippen molar-refractivity contribution in [1.29, 1.82) is 0 Å². The van der Waals surface area contributed by atoms with Crippen LogP contribution in [0.4, 0.5) is 0 Å². The molecule has 2 aromatic heterocycles. The second kappa shape index (κ2) is 12.3. The molecular weight excluding hydrogens is 440 g/mol. The number of likely N-dealkylation sites (tertiary alicyclic amines) is 2. The quantitative estimate of drug-likeness (QED) is 0.619. The average molecular weight is 475 g/mol. The summed E-state index contributed by atoms with van der Waals surface area (Å²) in [7, 11) is 2.02. The van der Waals surface area contributed by atoms with Crippen LogP contribution in [0.1, 0.15) is 41.9 Å². The van der Waals surface area contributed by atoms with Gasteiger partial charge in [-0.25, -0.2) is 0 Å². The second-order valence-electron chi connectivity index (χ2n) is 9.09. The number of nitrogens with zero attached hydrogens (tertiary/aromatic N) is 5.